The van der Waals surface area contributed by atoms with Gasteiger partial charge in [0.1, 0.15) is 5.01 Å². The molecule has 0 saturated carbocycles. The molecule has 0 spiro atoms. The van der Waals surface area contributed by atoms with E-state index in [1.165, 1.54) is 4.88 Å². The summed E-state index contributed by atoms with van der Waals surface area (Å²) < 4.78 is 0. The van der Waals surface area contributed by atoms with Gasteiger partial charge in [0.25, 0.3) is 0 Å². The quantitative estimate of drug-likeness (QED) is 0.915. The van der Waals surface area contributed by atoms with Crippen LogP contribution in [0.25, 0.3) is 0 Å². The van der Waals surface area contributed by atoms with Crippen LogP contribution >= 0.6 is 23.1 Å². The van der Waals surface area contributed by atoms with Crippen LogP contribution in [0.4, 0.5) is 0 Å². The van der Waals surface area contributed by atoms with E-state index < -0.39 is 0 Å². The summed E-state index contributed by atoms with van der Waals surface area (Å²) in [6, 6.07) is 0.255. The molecular formula is C12H19N3S2. The molecule has 0 fully saturated rings. The van der Waals surface area contributed by atoms with Crippen LogP contribution in [0.5, 0.6) is 0 Å². The van der Waals surface area contributed by atoms with E-state index in [0.29, 0.717) is 11.2 Å². The predicted molar refractivity (Wildman–Crippen MR) is 76.9 cm³/mol. The number of aliphatic imine (C=N–C) groups is 1. The van der Waals surface area contributed by atoms with Crippen molar-refractivity contribution in [2.24, 2.45) is 10.9 Å². The first-order valence-corrected chi connectivity index (χ1v) is 7.66. The minimum absolute atomic E-state index is 0.255. The van der Waals surface area contributed by atoms with Gasteiger partial charge in [-0.2, -0.15) is 0 Å². The molecular weight excluding hydrogens is 250 g/mol. The molecule has 1 N–H and O–H groups in total. The first-order valence-electron chi connectivity index (χ1n) is 5.96. The average molecular weight is 269 g/mol. The second-order valence-electron chi connectivity index (χ2n) is 4.72. The van der Waals surface area contributed by atoms with Crippen molar-refractivity contribution in [2.45, 2.75) is 39.0 Å². The number of thioether (sulfide) groups is 1. The molecule has 5 heteroatoms. The van der Waals surface area contributed by atoms with Gasteiger partial charge in [-0.25, -0.2) is 4.98 Å². The number of thiazole rings is 1. The molecule has 0 saturated heterocycles. The fourth-order valence-corrected chi connectivity index (χ4v) is 3.51. The Morgan fingerprint density at radius 1 is 1.41 bits per heavy atom. The van der Waals surface area contributed by atoms with Gasteiger partial charge in [0, 0.05) is 16.3 Å². The van der Waals surface area contributed by atoms with Crippen LogP contribution in [-0.2, 0) is 0 Å². The second kappa shape index (κ2) is 5.40. The molecule has 1 aromatic heterocycles. The lowest BCUT2D eigenvalue weighted by Crippen LogP contribution is -2.23. The summed E-state index contributed by atoms with van der Waals surface area (Å²) in [4.78, 5) is 10.2. The van der Waals surface area contributed by atoms with E-state index in [9.17, 15) is 0 Å². The summed E-state index contributed by atoms with van der Waals surface area (Å²) in [5.41, 5.74) is 0. The Kier molecular flexibility index (Phi) is 4.09. The Bertz CT molecular complexity index is 412. The third-order valence-electron chi connectivity index (χ3n) is 2.77. The Morgan fingerprint density at radius 2 is 2.18 bits per heavy atom. The normalized spacial score (nSPS) is 21.7. The Balaban J connectivity index is 1.90. The van der Waals surface area contributed by atoms with Gasteiger partial charge in [-0.3, -0.25) is 4.99 Å². The molecule has 0 aromatic carbocycles. The van der Waals surface area contributed by atoms with Gasteiger partial charge < -0.3 is 5.32 Å². The zero-order valence-corrected chi connectivity index (χ0v) is 12.4. The summed E-state index contributed by atoms with van der Waals surface area (Å²) in [5.74, 6) is 0.681. The molecule has 1 aromatic rings. The highest BCUT2D eigenvalue weighted by molar-refractivity contribution is 8.14. The lowest BCUT2D eigenvalue weighted by molar-refractivity contribution is 0.620. The predicted octanol–water partition coefficient (Wildman–Crippen LogP) is 3.23. The average Bonchev–Trinajstić information content (AvgIpc) is 2.86. The van der Waals surface area contributed by atoms with E-state index in [1.807, 2.05) is 18.0 Å². The number of aryl methyl sites for hydroxylation is 1. The van der Waals surface area contributed by atoms with Gasteiger partial charge in [0.05, 0.1) is 12.6 Å². The van der Waals surface area contributed by atoms with Crippen molar-refractivity contribution in [3.05, 3.63) is 16.1 Å². The van der Waals surface area contributed by atoms with Crippen molar-refractivity contribution < 1.29 is 0 Å². The van der Waals surface area contributed by atoms with Crippen LogP contribution in [0.15, 0.2) is 11.2 Å². The van der Waals surface area contributed by atoms with E-state index in [2.05, 4.69) is 43.0 Å². The number of amidine groups is 1. The fraction of sp³-hybridized carbons (Fsp3) is 0.667. The second-order valence-corrected chi connectivity index (χ2v) is 7.22. The van der Waals surface area contributed by atoms with Gasteiger partial charge in [-0.1, -0.05) is 25.6 Å². The van der Waals surface area contributed by atoms with Gasteiger partial charge in [0.15, 0.2) is 5.17 Å². The molecule has 2 unspecified atom stereocenters. The maximum atomic E-state index is 4.56. The SMILES string of the molecule is Cc1cnc(C(C)NC2=NCC(C(C)C)S2)s1. The van der Waals surface area contributed by atoms with Crippen molar-refractivity contribution >= 4 is 28.3 Å². The smallest absolute Gasteiger partial charge is 0.157 e. The summed E-state index contributed by atoms with van der Waals surface area (Å²) in [7, 11) is 0. The van der Waals surface area contributed by atoms with Crippen LogP contribution in [0, 0.1) is 12.8 Å². The minimum atomic E-state index is 0.255. The molecule has 0 aliphatic carbocycles. The molecule has 2 atom stereocenters. The van der Waals surface area contributed by atoms with E-state index in [-0.39, 0.29) is 6.04 Å². The lowest BCUT2D eigenvalue weighted by atomic mass is 10.1. The van der Waals surface area contributed by atoms with Gasteiger partial charge >= 0.3 is 0 Å². The monoisotopic (exact) mass is 269 g/mol. The molecule has 1 aliphatic heterocycles. The van der Waals surface area contributed by atoms with Crippen molar-refractivity contribution in [1.82, 2.24) is 10.3 Å². The van der Waals surface area contributed by atoms with Crippen molar-refractivity contribution in [1.29, 1.82) is 0 Å². The molecule has 1 aliphatic rings. The van der Waals surface area contributed by atoms with Crippen LogP contribution in [0.1, 0.15) is 36.7 Å². The number of hydrogen-bond donors (Lipinski definition) is 1. The van der Waals surface area contributed by atoms with E-state index in [4.69, 9.17) is 0 Å². The Morgan fingerprint density at radius 3 is 2.71 bits per heavy atom. The van der Waals surface area contributed by atoms with E-state index in [1.54, 1.807) is 11.3 Å². The topological polar surface area (TPSA) is 37.3 Å². The molecule has 94 valence electrons. The maximum absolute atomic E-state index is 4.56. The third kappa shape index (κ3) is 3.22. The zero-order chi connectivity index (χ0) is 12.4. The minimum Gasteiger partial charge on any atom is -0.356 e. The van der Waals surface area contributed by atoms with Gasteiger partial charge in [-0.15, -0.1) is 11.3 Å². The Labute approximate surface area is 111 Å². The number of hydrogen-bond acceptors (Lipinski definition) is 5. The highest BCUT2D eigenvalue weighted by atomic mass is 32.2. The molecule has 2 rings (SSSR count). The van der Waals surface area contributed by atoms with Crippen molar-refractivity contribution in [2.75, 3.05) is 6.54 Å². The first kappa shape index (κ1) is 12.9. The molecule has 3 nitrogen and oxygen atoms in total. The van der Waals surface area contributed by atoms with Gasteiger partial charge in [0.2, 0.25) is 0 Å². The third-order valence-corrected chi connectivity index (χ3v) is 5.33. The van der Waals surface area contributed by atoms with E-state index >= 15 is 0 Å². The summed E-state index contributed by atoms with van der Waals surface area (Å²) in [5, 5.41) is 6.29. The first-order chi connectivity index (χ1) is 8.06. The molecule has 2 heterocycles. The van der Waals surface area contributed by atoms with Crippen molar-refractivity contribution in [3.8, 4) is 0 Å². The standard InChI is InChI=1S/C12H19N3S2/c1-7(2)10-6-14-12(17-10)15-9(4)11-13-5-8(3)16-11/h5,7,9-10H,6H2,1-4H3,(H,14,15). The zero-order valence-electron chi connectivity index (χ0n) is 10.7. The van der Waals surface area contributed by atoms with Crippen molar-refractivity contribution in [3.63, 3.8) is 0 Å². The van der Waals surface area contributed by atoms with Crippen LogP contribution < -0.4 is 5.32 Å². The number of nitrogens with one attached hydrogen (secondary N) is 1. The van der Waals surface area contributed by atoms with E-state index in [0.717, 1.165) is 16.7 Å². The highest BCUT2D eigenvalue weighted by Crippen LogP contribution is 2.28. The molecule has 0 radical (unpaired) electrons. The number of nitrogens with zero attached hydrogens (tertiary/aromatic N) is 2. The molecule has 17 heavy (non-hydrogen) atoms. The largest absolute Gasteiger partial charge is 0.356 e. The molecule has 0 bridgehead atoms. The Hall–Kier alpha value is -0.550. The summed E-state index contributed by atoms with van der Waals surface area (Å²) >= 11 is 3.61. The molecule has 0 amide bonds. The lowest BCUT2D eigenvalue weighted by Gasteiger charge is -2.14. The summed E-state index contributed by atoms with van der Waals surface area (Å²) in [6.07, 6.45) is 1.93. The number of aromatic nitrogens is 1. The van der Waals surface area contributed by atoms with Crippen LogP contribution in [-0.4, -0.2) is 21.9 Å². The van der Waals surface area contributed by atoms with Crippen LogP contribution in [0.2, 0.25) is 0 Å². The van der Waals surface area contributed by atoms with Gasteiger partial charge in [-0.05, 0) is 19.8 Å². The fourth-order valence-electron chi connectivity index (χ4n) is 1.64. The number of rotatable bonds is 3. The van der Waals surface area contributed by atoms with Crippen LogP contribution in [0.3, 0.4) is 0 Å². The maximum Gasteiger partial charge on any atom is 0.157 e. The summed E-state index contributed by atoms with van der Waals surface area (Å²) in [6.45, 7) is 9.68. The highest BCUT2D eigenvalue weighted by Gasteiger charge is 2.23.